The van der Waals surface area contributed by atoms with Crippen molar-refractivity contribution in [2.24, 2.45) is 0 Å². The van der Waals surface area contributed by atoms with Crippen LogP contribution in [0.4, 0.5) is 0 Å². The second-order valence-corrected chi connectivity index (χ2v) is 11.9. The summed E-state index contributed by atoms with van der Waals surface area (Å²) in [7, 11) is -3.55. The minimum atomic E-state index is -3.55. The molecule has 2 rings (SSSR count). The Morgan fingerprint density at radius 3 is 1.96 bits per heavy atom. The van der Waals surface area contributed by atoms with Crippen LogP contribution in [-0.4, -0.2) is 19.2 Å². The second-order valence-electron chi connectivity index (χ2n) is 7.73. The summed E-state index contributed by atoms with van der Waals surface area (Å²) in [6.45, 7) is 6.79. The summed E-state index contributed by atoms with van der Waals surface area (Å²) >= 11 is 24.8. The zero-order valence-electron chi connectivity index (χ0n) is 16.1. The van der Waals surface area contributed by atoms with Crippen molar-refractivity contribution in [3.05, 3.63) is 67.6 Å². The van der Waals surface area contributed by atoms with E-state index in [2.05, 4.69) is 4.72 Å². The van der Waals surface area contributed by atoms with E-state index in [4.69, 9.17) is 46.4 Å². The van der Waals surface area contributed by atoms with Crippen LogP contribution in [0.15, 0.2) is 36.4 Å². The van der Waals surface area contributed by atoms with Gasteiger partial charge in [-0.2, -0.15) is 0 Å². The van der Waals surface area contributed by atoms with E-state index in [1.807, 2.05) is 19.1 Å². The van der Waals surface area contributed by atoms with Crippen molar-refractivity contribution in [1.82, 2.24) is 4.72 Å². The minimum Gasteiger partial charge on any atom is -0.212 e. The third-order valence-corrected chi connectivity index (χ3v) is 8.01. The number of hydrogen-bond donors (Lipinski definition) is 1. The van der Waals surface area contributed by atoms with Gasteiger partial charge in [-0.1, -0.05) is 58.5 Å². The van der Waals surface area contributed by atoms with Crippen LogP contribution in [0.1, 0.15) is 44.7 Å². The highest BCUT2D eigenvalue weighted by Gasteiger charge is 2.33. The lowest BCUT2D eigenvalue weighted by Crippen LogP contribution is -2.46. The summed E-state index contributed by atoms with van der Waals surface area (Å²) in [5.74, 6) is -0.263. The number of hydrogen-bond acceptors (Lipinski definition) is 2. The first kappa shape index (κ1) is 23.8. The molecule has 2 unspecified atom stereocenters. The zero-order valence-corrected chi connectivity index (χ0v) is 19.9. The summed E-state index contributed by atoms with van der Waals surface area (Å²) in [5, 5.41) is 2.05. The van der Waals surface area contributed by atoms with Gasteiger partial charge in [0.1, 0.15) is 0 Å². The molecule has 0 saturated carbocycles. The summed E-state index contributed by atoms with van der Waals surface area (Å²) < 4.78 is 27.2. The van der Waals surface area contributed by atoms with E-state index < -0.39 is 20.8 Å². The Morgan fingerprint density at radius 2 is 1.46 bits per heavy atom. The molecule has 0 aliphatic carbocycles. The second kappa shape index (κ2) is 9.11. The Bertz CT molecular complexity index is 955. The predicted octanol–water partition coefficient (Wildman–Crippen LogP) is 6.73. The number of halogens is 4. The topological polar surface area (TPSA) is 46.2 Å². The molecule has 0 aromatic heterocycles. The van der Waals surface area contributed by atoms with Crippen molar-refractivity contribution in [1.29, 1.82) is 0 Å². The van der Waals surface area contributed by atoms with Gasteiger partial charge in [-0.05, 0) is 69.5 Å². The van der Waals surface area contributed by atoms with Gasteiger partial charge in [0.25, 0.3) is 0 Å². The number of nitrogens with one attached hydrogen (secondary N) is 1. The van der Waals surface area contributed by atoms with Crippen LogP contribution in [0.3, 0.4) is 0 Å². The highest BCUT2D eigenvalue weighted by molar-refractivity contribution is 7.90. The van der Waals surface area contributed by atoms with Gasteiger partial charge in [0.2, 0.25) is 10.0 Å². The molecule has 8 heteroatoms. The molecule has 2 aromatic carbocycles. The Labute approximate surface area is 187 Å². The van der Waals surface area contributed by atoms with E-state index in [0.717, 1.165) is 11.1 Å². The van der Waals surface area contributed by atoms with Crippen LogP contribution in [0.25, 0.3) is 0 Å². The fourth-order valence-electron chi connectivity index (χ4n) is 2.79. The fourth-order valence-corrected chi connectivity index (χ4v) is 4.83. The molecule has 0 spiro atoms. The standard InChI is InChI=1S/C20H23Cl4NO2S/c1-12(25-28(26,27)20(2,3)4)17(16-8-7-15(22)11-19(16)24)9-13-5-6-14(21)10-18(13)23/h5-8,10-12,17,25H,9H2,1-4H3. The Morgan fingerprint density at radius 1 is 0.929 bits per heavy atom. The average Bonchev–Trinajstić information content (AvgIpc) is 2.53. The number of sulfonamides is 1. The first-order valence-electron chi connectivity index (χ1n) is 8.72. The molecule has 0 radical (unpaired) electrons. The lowest BCUT2D eigenvalue weighted by atomic mass is 9.87. The highest BCUT2D eigenvalue weighted by Crippen LogP contribution is 2.35. The van der Waals surface area contributed by atoms with Crippen LogP contribution < -0.4 is 4.72 Å². The summed E-state index contributed by atoms with van der Waals surface area (Å²) in [4.78, 5) is 0. The van der Waals surface area contributed by atoms with Crippen LogP contribution in [0.5, 0.6) is 0 Å². The van der Waals surface area contributed by atoms with Crippen LogP contribution in [0.2, 0.25) is 20.1 Å². The van der Waals surface area contributed by atoms with Gasteiger partial charge in [0, 0.05) is 32.1 Å². The molecule has 154 valence electrons. The SMILES string of the molecule is CC(NS(=O)(=O)C(C)(C)C)C(Cc1ccc(Cl)cc1Cl)c1ccc(Cl)cc1Cl. The van der Waals surface area contributed by atoms with Crippen molar-refractivity contribution < 1.29 is 8.42 Å². The smallest absolute Gasteiger partial charge is 0.212 e. The molecule has 28 heavy (non-hydrogen) atoms. The number of benzene rings is 2. The quantitative estimate of drug-likeness (QED) is 0.495. The molecule has 0 amide bonds. The summed E-state index contributed by atoms with van der Waals surface area (Å²) in [6.07, 6.45) is 0.477. The lowest BCUT2D eigenvalue weighted by molar-refractivity contribution is 0.487. The van der Waals surface area contributed by atoms with Crippen molar-refractivity contribution in [2.75, 3.05) is 0 Å². The average molecular weight is 483 g/mol. The Kier molecular flexibility index (Phi) is 7.74. The lowest BCUT2D eigenvalue weighted by Gasteiger charge is -2.30. The fraction of sp³-hybridized carbons (Fsp3) is 0.400. The molecule has 0 aliphatic rings. The van der Waals surface area contributed by atoms with Gasteiger partial charge in [-0.15, -0.1) is 0 Å². The molecule has 0 bridgehead atoms. The Balaban J connectivity index is 2.46. The molecule has 1 N–H and O–H groups in total. The zero-order chi connectivity index (χ0) is 21.3. The van der Waals surface area contributed by atoms with Crippen molar-refractivity contribution >= 4 is 56.4 Å². The van der Waals surface area contributed by atoms with E-state index in [-0.39, 0.29) is 5.92 Å². The molecular formula is C20H23Cl4NO2S. The maximum absolute atomic E-state index is 12.7. The molecule has 2 aromatic rings. The monoisotopic (exact) mass is 481 g/mol. The molecular weight excluding hydrogens is 460 g/mol. The van der Waals surface area contributed by atoms with E-state index in [1.165, 1.54) is 0 Å². The summed E-state index contributed by atoms with van der Waals surface area (Å²) in [5.41, 5.74) is 1.64. The molecule has 3 nitrogen and oxygen atoms in total. The Hall–Kier alpha value is -0.490. The van der Waals surface area contributed by atoms with Gasteiger partial charge >= 0.3 is 0 Å². The molecule has 2 atom stereocenters. The van der Waals surface area contributed by atoms with E-state index >= 15 is 0 Å². The van der Waals surface area contributed by atoms with E-state index in [1.54, 1.807) is 45.0 Å². The van der Waals surface area contributed by atoms with Crippen molar-refractivity contribution in [3.63, 3.8) is 0 Å². The molecule has 0 fully saturated rings. The van der Waals surface area contributed by atoms with Crippen LogP contribution in [0, 0.1) is 0 Å². The first-order valence-corrected chi connectivity index (χ1v) is 11.7. The molecule has 0 saturated heterocycles. The third-order valence-electron chi connectivity index (χ3n) is 4.57. The van der Waals surface area contributed by atoms with Crippen molar-refractivity contribution in [2.45, 2.75) is 50.8 Å². The third kappa shape index (κ3) is 5.78. The summed E-state index contributed by atoms with van der Waals surface area (Å²) in [6, 6.07) is 10.0. The highest BCUT2D eigenvalue weighted by atomic mass is 35.5. The van der Waals surface area contributed by atoms with Crippen molar-refractivity contribution in [3.8, 4) is 0 Å². The number of rotatable bonds is 6. The van der Waals surface area contributed by atoms with Gasteiger partial charge in [0.05, 0.1) is 4.75 Å². The minimum absolute atomic E-state index is 0.263. The first-order chi connectivity index (χ1) is 12.8. The van der Waals surface area contributed by atoms with Gasteiger partial charge in [-0.3, -0.25) is 0 Å². The van der Waals surface area contributed by atoms with E-state index in [9.17, 15) is 8.42 Å². The van der Waals surface area contributed by atoms with Gasteiger partial charge in [-0.25, -0.2) is 13.1 Å². The maximum atomic E-state index is 12.7. The van der Waals surface area contributed by atoms with Gasteiger partial charge < -0.3 is 0 Å². The van der Waals surface area contributed by atoms with Gasteiger partial charge in [0.15, 0.2) is 0 Å². The largest absolute Gasteiger partial charge is 0.216 e. The van der Waals surface area contributed by atoms with E-state index in [0.29, 0.717) is 26.5 Å². The predicted molar refractivity (Wildman–Crippen MR) is 121 cm³/mol. The maximum Gasteiger partial charge on any atom is 0.216 e. The normalized spacial score (nSPS) is 14.7. The molecule has 0 heterocycles. The van der Waals surface area contributed by atoms with Crippen LogP contribution >= 0.6 is 46.4 Å². The molecule has 0 aliphatic heterocycles. The van der Waals surface area contributed by atoms with Crippen LogP contribution in [-0.2, 0) is 16.4 Å².